The van der Waals surface area contributed by atoms with Gasteiger partial charge in [-0.2, -0.15) is 5.10 Å². The van der Waals surface area contributed by atoms with E-state index < -0.39 is 17.9 Å². The number of nitrogens with zero attached hydrogens (tertiary/aromatic N) is 2. The number of hydrazone groups is 1. The van der Waals surface area contributed by atoms with Crippen molar-refractivity contribution in [2.24, 2.45) is 5.10 Å². The maximum Gasteiger partial charge on any atom is 0.175 e. The summed E-state index contributed by atoms with van der Waals surface area (Å²) in [6.45, 7) is 12.3. The lowest BCUT2D eigenvalue weighted by Gasteiger charge is -2.27. The number of carbonyl (C=O) groups excluding carboxylic acids is 1. The van der Waals surface area contributed by atoms with Gasteiger partial charge in [-0.25, -0.2) is 0 Å². The van der Waals surface area contributed by atoms with Crippen molar-refractivity contribution in [2.75, 3.05) is 0 Å². The van der Waals surface area contributed by atoms with Crippen LogP contribution in [0.3, 0.4) is 0 Å². The van der Waals surface area contributed by atoms with Gasteiger partial charge >= 0.3 is 0 Å². The topological polar surface area (TPSA) is 32.7 Å². The Morgan fingerprint density at radius 3 is 1.69 bits per heavy atom. The van der Waals surface area contributed by atoms with E-state index in [0.717, 1.165) is 0 Å². The minimum Gasteiger partial charge on any atom is -0.355 e. The number of carbonyl (C=O) groups is 1. The molecule has 0 aromatic heterocycles. The maximum absolute atomic E-state index is 11.0. The molecule has 0 amide bonds. The predicted octanol–water partition coefficient (Wildman–Crippen LogP) is 1.22. The van der Waals surface area contributed by atoms with Crippen LogP contribution in [0.25, 0.3) is 0 Å². The highest BCUT2D eigenvalue weighted by Gasteiger charge is 2.13. The summed E-state index contributed by atoms with van der Waals surface area (Å²) in [4.78, 5) is 11.0. The molecule has 0 unspecified atom stereocenters. The van der Waals surface area contributed by atoms with Gasteiger partial charge < -0.3 is 4.34 Å². The molecule has 0 saturated carbocycles. The number of rotatable bonds is 4. The van der Waals surface area contributed by atoms with E-state index in [2.05, 4.69) is 35.6 Å². The molecule has 0 aromatic rings. The third-order valence-electron chi connectivity index (χ3n) is 1.83. The zero-order valence-electron chi connectivity index (χ0n) is 9.46. The van der Waals surface area contributed by atoms with E-state index >= 15 is 0 Å². The van der Waals surface area contributed by atoms with Gasteiger partial charge in [-0.3, -0.25) is 4.79 Å². The van der Waals surface area contributed by atoms with Crippen molar-refractivity contribution in [3.8, 4) is 0 Å². The van der Waals surface area contributed by atoms with Gasteiger partial charge in [0.1, 0.15) is 17.9 Å². The van der Waals surface area contributed by atoms with Crippen molar-refractivity contribution in [1.82, 2.24) is 4.34 Å². The summed E-state index contributed by atoms with van der Waals surface area (Å²) in [7, 11) is -1.77. The average Bonchev–Trinajstić information content (AvgIpc) is 1.97. The van der Waals surface area contributed by atoms with Crippen molar-refractivity contribution >= 4 is 29.4 Å². The molecule has 13 heavy (non-hydrogen) atoms. The number of hydrogen-bond acceptors (Lipinski definition) is 3. The molecule has 0 spiro atoms. The first-order chi connectivity index (χ1) is 5.86. The average molecular weight is 216 g/mol. The molecule has 0 heterocycles. The first kappa shape index (κ1) is 12.6. The largest absolute Gasteiger partial charge is 0.355 e. The van der Waals surface area contributed by atoms with Gasteiger partial charge in [-0.1, -0.05) is 26.2 Å². The molecule has 0 aliphatic carbocycles. The fourth-order valence-electron chi connectivity index (χ4n) is 1.07. The molecule has 0 bridgehead atoms. The summed E-state index contributed by atoms with van der Waals surface area (Å²) in [5.74, 6) is 0.0781. The normalized spacial score (nSPS) is 12.5. The standard InChI is InChI=1S/C8H20N2OSi2/c1-7(8(2)11)9-10(12(3)4)13(5)6/h12-13H,1-6H3. The summed E-state index contributed by atoms with van der Waals surface area (Å²) in [5.41, 5.74) is 0.641. The summed E-state index contributed by atoms with van der Waals surface area (Å²) in [5, 5.41) is 4.40. The highest BCUT2D eigenvalue weighted by molar-refractivity contribution is 6.69. The second kappa shape index (κ2) is 5.34. The number of ketones is 1. The van der Waals surface area contributed by atoms with Gasteiger partial charge in [0.15, 0.2) is 5.78 Å². The maximum atomic E-state index is 11.0. The van der Waals surface area contributed by atoms with Crippen LogP contribution in [0.4, 0.5) is 0 Å². The number of Topliss-reactive ketones (excluding diaryl/α,β-unsaturated/α-hetero) is 1. The van der Waals surface area contributed by atoms with Gasteiger partial charge in [0.2, 0.25) is 0 Å². The quantitative estimate of drug-likeness (QED) is 0.402. The first-order valence-corrected chi connectivity index (χ1v) is 10.4. The van der Waals surface area contributed by atoms with E-state index in [4.69, 9.17) is 0 Å². The van der Waals surface area contributed by atoms with E-state index in [1.165, 1.54) is 0 Å². The molecule has 0 aliphatic rings. The van der Waals surface area contributed by atoms with Crippen molar-refractivity contribution in [3.05, 3.63) is 0 Å². The van der Waals surface area contributed by atoms with E-state index in [1.807, 2.05) is 0 Å². The third kappa shape index (κ3) is 4.37. The van der Waals surface area contributed by atoms with Gasteiger partial charge in [-0.05, 0) is 6.92 Å². The van der Waals surface area contributed by atoms with Crippen LogP contribution in [0, 0.1) is 0 Å². The van der Waals surface area contributed by atoms with Crippen molar-refractivity contribution in [2.45, 2.75) is 40.0 Å². The first-order valence-electron chi connectivity index (χ1n) is 4.70. The van der Waals surface area contributed by atoms with Gasteiger partial charge in [0.05, 0.1) is 5.71 Å². The fraction of sp³-hybridized carbons (Fsp3) is 0.750. The molecule has 0 saturated heterocycles. The minimum atomic E-state index is -0.885. The lowest BCUT2D eigenvalue weighted by Crippen LogP contribution is -2.39. The predicted molar refractivity (Wildman–Crippen MR) is 63.4 cm³/mol. The Hall–Kier alpha value is -0.426. The summed E-state index contributed by atoms with van der Waals surface area (Å²) < 4.78 is 2.22. The summed E-state index contributed by atoms with van der Waals surface area (Å²) >= 11 is 0. The molecule has 3 nitrogen and oxygen atoms in total. The van der Waals surface area contributed by atoms with Crippen LogP contribution in [0.5, 0.6) is 0 Å². The van der Waals surface area contributed by atoms with Crippen LogP contribution >= 0.6 is 0 Å². The summed E-state index contributed by atoms with van der Waals surface area (Å²) in [6, 6.07) is 0. The Labute approximate surface area is 84.2 Å². The fourth-order valence-corrected chi connectivity index (χ4v) is 6.65. The van der Waals surface area contributed by atoms with Gasteiger partial charge in [0.25, 0.3) is 0 Å². The lowest BCUT2D eigenvalue weighted by molar-refractivity contribution is -0.111. The van der Waals surface area contributed by atoms with E-state index in [-0.39, 0.29) is 5.78 Å². The smallest absolute Gasteiger partial charge is 0.175 e. The molecule has 0 atom stereocenters. The number of hydrogen-bond donors (Lipinski definition) is 0. The Bertz CT molecular complexity index is 206. The van der Waals surface area contributed by atoms with Crippen LogP contribution in [0.2, 0.25) is 26.2 Å². The van der Waals surface area contributed by atoms with Crippen molar-refractivity contribution in [3.63, 3.8) is 0 Å². The van der Waals surface area contributed by atoms with E-state index in [1.54, 1.807) is 13.8 Å². The lowest BCUT2D eigenvalue weighted by atomic mass is 10.3. The molecule has 5 heteroatoms. The highest BCUT2D eigenvalue weighted by atomic mass is 28.3. The molecule has 0 aliphatic heterocycles. The highest BCUT2D eigenvalue weighted by Crippen LogP contribution is 2.01. The second-order valence-electron chi connectivity index (χ2n) is 3.81. The molecule has 0 fully saturated rings. The van der Waals surface area contributed by atoms with E-state index in [9.17, 15) is 4.79 Å². The van der Waals surface area contributed by atoms with Crippen LogP contribution < -0.4 is 0 Å². The molecule has 0 rings (SSSR count). The second-order valence-corrected chi connectivity index (χ2v) is 9.84. The van der Waals surface area contributed by atoms with Crippen LogP contribution in [0.15, 0.2) is 5.10 Å². The zero-order chi connectivity index (χ0) is 10.6. The Morgan fingerprint density at radius 1 is 1.08 bits per heavy atom. The molecule has 76 valence electrons. The zero-order valence-corrected chi connectivity index (χ0v) is 11.8. The van der Waals surface area contributed by atoms with Gasteiger partial charge in [0, 0.05) is 6.92 Å². The third-order valence-corrected chi connectivity index (χ3v) is 7.76. The molecular formula is C8H20N2OSi2. The molecule has 0 radical (unpaired) electrons. The summed E-state index contributed by atoms with van der Waals surface area (Å²) in [6.07, 6.45) is 0. The Balaban J connectivity index is 4.59. The Kier molecular flexibility index (Phi) is 5.16. The molecule has 0 N–H and O–H groups in total. The monoisotopic (exact) mass is 216 g/mol. The van der Waals surface area contributed by atoms with Crippen LogP contribution in [0.1, 0.15) is 13.8 Å². The van der Waals surface area contributed by atoms with Crippen LogP contribution in [-0.4, -0.2) is 33.8 Å². The van der Waals surface area contributed by atoms with Crippen molar-refractivity contribution < 1.29 is 4.79 Å². The van der Waals surface area contributed by atoms with Gasteiger partial charge in [-0.15, -0.1) is 0 Å². The van der Waals surface area contributed by atoms with E-state index in [0.29, 0.717) is 5.71 Å². The van der Waals surface area contributed by atoms with Crippen molar-refractivity contribution in [1.29, 1.82) is 0 Å². The Morgan fingerprint density at radius 2 is 1.46 bits per heavy atom. The molecule has 0 aromatic carbocycles. The minimum absolute atomic E-state index is 0.0781. The SMILES string of the molecule is CC(=O)C(C)=NN([SiH](C)C)[SiH](C)C. The molecular weight excluding hydrogens is 196 g/mol. The van der Waals surface area contributed by atoms with Crippen LogP contribution in [-0.2, 0) is 4.79 Å².